The third kappa shape index (κ3) is 4.38. The number of sulfonamides is 1. The lowest BCUT2D eigenvalue weighted by Gasteiger charge is -2.14. The third-order valence-electron chi connectivity index (χ3n) is 3.40. The van der Waals surface area contributed by atoms with E-state index in [4.69, 9.17) is 9.15 Å². The van der Waals surface area contributed by atoms with Crippen LogP contribution in [0.15, 0.2) is 45.9 Å². The summed E-state index contributed by atoms with van der Waals surface area (Å²) < 4.78 is 36.5. The number of furan rings is 1. The molecule has 1 atom stereocenters. The van der Waals surface area contributed by atoms with E-state index in [1.54, 1.807) is 6.92 Å². The van der Waals surface area contributed by atoms with Gasteiger partial charge in [0, 0.05) is 0 Å². The molecular formula is C16H18N2O6S. The zero-order valence-electron chi connectivity index (χ0n) is 13.9. The molecule has 0 fully saturated rings. The summed E-state index contributed by atoms with van der Waals surface area (Å²) in [5.41, 5.74) is 0.608. The van der Waals surface area contributed by atoms with E-state index in [0.717, 1.165) is 0 Å². The van der Waals surface area contributed by atoms with Gasteiger partial charge in [-0.15, -0.1) is 0 Å². The average Bonchev–Trinajstić information content (AvgIpc) is 3.08. The summed E-state index contributed by atoms with van der Waals surface area (Å²) in [6.07, 6.45) is 1.32. The lowest BCUT2D eigenvalue weighted by molar-refractivity contribution is -0.120. The molecule has 0 bridgehead atoms. The lowest BCUT2D eigenvalue weighted by Crippen LogP contribution is -2.46. The molecule has 25 heavy (non-hydrogen) atoms. The van der Waals surface area contributed by atoms with Gasteiger partial charge in [-0.05, 0) is 49.7 Å². The van der Waals surface area contributed by atoms with Crippen molar-refractivity contribution in [3.8, 4) is 5.75 Å². The normalized spacial score (nSPS) is 12.3. The minimum Gasteiger partial charge on any atom is -0.496 e. The molecule has 0 aliphatic heterocycles. The zero-order valence-corrected chi connectivity index (χ0v) is 14.7. The van der Waals surface area contributed by atoms with E-state index in [9.17, 15) is 18.0 Å². The maximum Gasteiger partial charge on any atom is 0.287 e. The van der Waals surface area contributed by atoms with Crippen molar-refractivity contribution in [1.29, 1.82) is 0 Å². The maximum atomic E-state index is 12.3. The van der Waals surface area contributed by atoms with E-state index in [-0.39, 0.29) is 10.7 Å². The highest BCUT2D eigenvalue weighted by atomic mass is 32.2. The third-order valence-corrected chi connectivity index (χ3v) is 4.74. The molecule has 1 heterocycles. The predicted octanol–water partition coefficient (Wildman–Crippen LogP) is 1.22. The van der Waals surface area contributed by atoms with Crippen molar-refractivity contribution in [3.05, 3.63) is 47.9 Å². The summed E-state index contributed by atoms with van der Waals surface area (Å²) >= 11 is 0. The molecule has 2 N–H and O–H groups in total. The molecule has 0 saturated heterocycles. The van der Waals surface area contributed by atoms with Gasteiger partial charge in [-0.2, -0.15) is 0 Å². The number of benzene rings is 1. The van der Waals surface area contributed by atoms with Crippen molar-refractivity contribution >= 4 is 21.8 Å². The molecule has 9 heteroatoms. The highest BCUT2D eigenvalue weighted by molar-refractivity contribution is 7.90. The Bertz CT molecular complexity index is 874. The first kappa shape index (κ1) is 18.5. The Kier molecular flexibility index (Phi) is 5.48. The largest absolute Gasteiger partial charge is 0.496 e. The Balaban J connectivity index is 2.07. The van der Waals surface area contributed by atoms with Crippen LogP contribution in [0.2, 0.25) is 0 Å². The van der Waals surface area contributed by atoms with E-state index in [0.29, 0.717) is 11.3 Å². The van der Waals surface area contributed by atoms with Gasteiger partial charge in [0.05, 0.1) is 18.3 Å². The van der Waals surface area contributed by atoms with Gasteiger partial charge in [-0.3, -0.25) is 9.59 Å². The molecule has 134 valence electrons. The van der Waals surface area contributed by atoms with Crippen molar-refractivity contribution in [2.24, 2.45) is 0 Å². The number of hydrogen-bond acceptors (Lipinski definition) is 6. The number of aryl methyl sites for hydroxylation is 1. The first-order chi connectivity index (χ1) is 11.7. The Morgan fingerprint density at radius 2 is 1.96 bits per heavy atom. The fourth-order valence-electron chi connectivity index (χ4n) is 2.04. The molecule has 0 spiro atoms. The number of methoxy groups -OCH3 is 1. The van der Waals surface area contributed by atoms with Crippen LogP contribution in [-0.4, -0.2) is 33.4 Å². The number of nitrogens with one attached hydrogen (secondary N) is 2. The van der Waals surface area contributed by atoms with Crippen molar-refractivity contribution in [2.75, 3.05) is 7.11 Å². The summed E-state index contributed by atoms with van der Waals surface area (Å²) in [6, 6.07) is 6.09. The Morgan fingerprint density at radius 3 is 2.52 bits per heavy atom. The number of carbonyl (C=O) groups is 2. The van der Waals surface area contributed by atoms with Gasteiger partial charge < -0.3 is 14.5 Å². The smallest absolute Gasteiger partial charge is 0.287 e. The van der Waals surface area contributed by atoms with Gasteiger partial charge in [0.2, 0.25) is 0 Å². The molecule has 0 aliphatic rings. The summed E-state index contributed by atoms with van der Waals surface area (Å²) in [7, 11) is -2.60. The van der Waals surface area contributed by atoms with Crippen molar-refractivity contribution in [2.45, 2.75) is 24.8 Å². The molecule has 2 amide bonds. The van der Waals surface area contributed by atoms with E-state index < -0.39 is 27.9 Å². The van der Waals surface area contributed by atoms with Crippen molar-refractivity contribution in [1.82, 2.24) is 10.0 Å². The molecule has 2 aromatic rings. The SMILES string of the molecule is COc1ccc(S(=O)(=O)NC(=O)[C@@H](C)NC(=O)c2ccco2)cc1C. The van der Waals surface area contributed by atoms with Gasteiger partial charge in [-0.25, -0.2) is 13.1 Å². The quantitative estimate of drug-likeness (QED) is 0.794. The number of ether oxygens (including phenoxy) is 1. The van der Waals surface area contributed by atoms with Gasteiger partial charge in [0.1, 0.15) is 11.8 Å². The van der Waals surface area contributed by atoms with Crippen LogP contribution in [0.4, 0.5) is 0 Å². The zero-order chi connectivity index (χ0) is 18.6. The molecule has 0 unspecified atom stereocenters. The number of amides is 2. The minimum absolute atomic E-state index is 0.0216. The predicted molar refractivity (Wildman–Crippen MR) is 88.7 cm³/mol. The molecule has 1 aromatic heterocycles. The molecule has 1 aromatic carbocycles. The Hall–Kier alpha value is -2.81. The molecule has 8 nitrogen and oxygen atoms in total. The van der Waals surface area contributed by atoms with E-state index in [1.807, 2.05) is 4.72 Å². The van der Waals surface area contributed by atoms with Crippen molar-refractivity contribution in [3.63, 3.8) is 0 Å². The summed E-state index contributed by atoms with van der Waals surface area (Å²) in [5, 5.41) is 2.36. The molecular weight excluding hydrogens is 348 g/mol. The molecule has 2 rings (SSSR count). The first-order valence-corrected chi connectivity index (χ1v) is 8.78. The van der Waals surface area contributed by atoms with Crippen LogP contribution in [0.25, 0.3) is 0 Å². The van der Waals surface area contributed by atoms with Gasteiger partial charge in [0.25, 0.3) is 21.8 Å². The molecule has 0 radical (unpaired) electrons. The number of carbonyl (C=O) groups excluding carboxylic acids is 2. The molecule has 0 aliphatic carbocycles. The highest BCUT2D eigenvalue weighted by Crippen LogP contribution is 2.21. The highest BCUT2D eigenvalue weighted by Gasteiger charge is 2.24. The monoisotopic (exact) mass is 366 g/mol. The minimum atomic E-state index is -4.07. The lowest BCUT2D eigenvalue weighted by atomic mass is 10.2. The standard InChI is InChI=1S/C16H18N2O6S/c1-10-9-12(6-7-13(10)23-3)25(21,22)18-15(19)11(2)17-16(20)14-5-4-8-24-14/h4-9,11H,1-3H3,(H,17,20)(H,18,19)/t11-/m1/s1. The first-order valence-electron chi connectivity index (χ1n) is 7.30. The van der Waals surface area contributed by atoms with Gasteiger partial charge in [0.15, 0.2) is 5.76 Å². The fourth-order valence-corrected chi connectivity index (χ4v) is 3.18. The summed E-state index contributed by atoms with van der Waals surface area (Å²) in [4.78, 5) is 23.8. The van der Waals surface area contributed by atoms with Crippen LogP contribution in [0, 0.1) is 6.92 Å². The topological polar surface area (TPSA) is 115 Å². The second-order valence-electron chi connectivity index (χ2n) is 5.27. The maximum absolute atomic E-state index is 12.3. The second-order valence-corrected chi connectivity index (χ2v) is 6.96. The van der Waals surface area contributed by atoms with Crippen LogP contribution in [0.3, 0.4) is 0 Å². The van der Waals surface area contributed by atoms with E-state index in [1.165, 1.54) is 50.6 Å². The fraction of sp³-hybridized carbons (Fsp3) is 0.250. The van der Waals surface area contributed by atoms with Gasteiger partial charge in [-0.1, -0.05) is 0 Å². The van der Waals surface area contributed by atoms with Crippen molar-refractivity contribution < 1.29 is 27.2 Å². The number of hydrogen-bond donors (Lipinski definition) is 2. The Labute approximate surface area is 145 Å². The molecule has 0 saturated carbocycles. The summed E-state index contributed by atoms with van der Waals surface area (Å²) in [6.45, 7) is 3.05. The average molecular weight is 366 g/mol. The van der Waals surface area contributed by atoms with Crippen LogP contribution in [0.5, 0.6) is 5.75 Å². The van der Waals surface area contributed by atoms with E-state index in [2.05, 4.69) is 5.32 Å². The number of rotatable bonds is 6. The van der Waals surface area contributed by atoms with Gasteiger partial charge >= 0.3 is 0 Å². The van der Waals surface area contributed by atoms with Crippen LogP contribution < -0.4 is 14.8 Å². The van der Waals surface area contributed by atoms with Crippen LogP contribution >= 0.6 is 0 Å². The second kappa shape index (κ2) is 7.39. The summed E-state index contributed by atoms with van der Waals surface area (Å²) in [5.74, 6) is -0.934. The van der Waals surface area contributed by atoms with E-state index >= 15 is 0 Å². The van der Waals surface area contributed by atoms with Crippen LogP contribution in [0.1, 0.15) is 23.0 Å². The Morgan fingerprint density at radius 1 is 1.24 bits per heavy atom. The van der Waals surface area contributed by atoms with Crippen LogP contribution in [-0.2, 0) is 14.8 Å².